The molecule has 0 spiro atoms. The van der Waals surface area contributed by atoms with E-state index in [9.17, 15) is 13.9 Å². The molecule has 0 aromatic heterocycles. The molecule has 1 aromatic rings. The Bertz CT molecular complexity index is 353. The van der Waals surface area contributed by atoms with E-state index in [4.69, 9.17) is 4.74 Å². The average Bonchev–Trinajstić information content (AvgIpc) is 2.15. The van der Waals surface area contributed by atoms with Gasteiger partial charge in [0.25, 0.3) is 0 Å². The van der Waals surface area contributed by atoms with E-state index in [1.165, 1.54) is 12.1 Å². The number of ether oxygens (including phenoxy) is 1. The fourth-order valence-corrected chi connectivity index (χ4v) is 2.07. The summed E-state index contributed by atoms with van der Waals surface area (Å²) in [5.74, 6) is -1.23. The maximum Gasteiger partial charge on any atom is 0.126 e. The molecule has 1 aliphatic heterocycles. The van der Waals surface area contributed by atoms with Crippen LogP contribution in [-0.4, -0.2) is 23.9 Å². The molecule has 1 aliphatic rings. The van der Waals surface area contributed by atoms with Crippen molar-refractivity contribution in [1.82, 2.24) is 0 Å². The summed E-state index contributed by atoms with van der Waals surface area (Å²) in [6.07, 6.45) is 1.60. The zero-order valence-electron chi connectivity index (χ0n) is 8.88. The lowest BCUT2D eigenvalue weighted by Gasteiger charge is -2.32. The van der Waals surface area contributed by atoms with Crippen molar-refractivity contribution in [3.05, 3.63) is 35.4 Å². The van der Waals surface area contributed by atoms with Crippen molar-refractivity contribution < 1.29 is 18.6 Å². The van der Waals surface area contributed by atoms with E-state index in [2.05, 4.69) is 0 Å². The van der Waals surface area contributed by atoms with Gasteiger partial charge in [-0.05, 0) is 30.5 Å². The SMILES string of the molecule is OC1(Cc2cc(F)cc(F)c2)CCCOC1. The lowest BCUT2D eigenvalue weighted by Crippen LogP contribution is -2.40. The van der Waals surface area contributed by atoms with Crippen LogP contribution in [0.5, 0.6) is 0 Å². The summed E-state index contributed by atoms with van der Waals surface area (Å²) in [5, 5.41) is 10.1. The summed E-state index contributed by atoms with van der Waals surface area (Å²) in [7, 11) is 0. The van der Waals surface area contributed by atoms with Crippen molar-refractivity contribution in [2.45, 2.75) is 24.9 Å². The first-order chi connectivity index (χ1) is 7.57. The van der Waals surface area contributed by atoms with E-state index < -0.39 is 17.2 Å². The molecule has 88 valence electrons. The molecular weight excluding hydrogens is 214 g/mol. The molecule has 1 heterocycles. The van der Waals surface area contributed by atoms with Crippen LogP contribution in [0.2, 0.25) is 0 Å². The second-order valence-corrected chi connectivity index (χ2v) is 4.33. The quantitative estimate of drug-likeness (QED) is 0.839. The van der Waals surface area contributed by atoms with Gasteiger partial charge in [0.1, 0.15) is 11.6 Å². The first-order valence-corrected chi connectivity index (χ1v) is 5.33. The van der Waals surface area contributed by atoms with Crippen LogP contribution in [0, 0.1) is 11.6 Å². The normalized spacial score (nSPS) is 25.7. The average molecular weight is 228 g/mol. The molecule has 2 nitrogen and oxygen atoms in total. The number of benzene rings is 1. The molecule has 1 aromatic carbocycles. The molecule has 2 rings (SSSR count). The Balaban J connectivity index is 2.13. The highest BCUT2D eigenvalue weighted by molar-refractivity contribution is 5.20. The molecule has 0 bridgehead atoms. The molecule has 0 saturated carbocycles. The summed E-state index contributed by atoms with van der Waals surface area (Å²) >= 11 is 0. The topological polar surface area (TPSA) is 29.5 Å². The predicted octanol–water partition coefficient (Wildman–Crippen LogP) is 2.05. The smallest absolute Gasteiger partial charge is 0.126 e. The molecule has 1 unspecified atom stereocenters. The molecule has 0 radical (unpaired) electrons. The number of halogens is 2. The highest BCUT2D eigenvalue weighted by Crippen LogP contribution is 2.24. The van der Waals surface area contributed by atoms with Crippen LogP contribution in [0.4, 0.5) is 8.78 Å². The molecule has 0 amide bonds. The maximum absolute atomic E-state index is 13.0. The minimum atomic E-state index is -0.988. The number of aliphatic hydroxyl groups is 1. The lowest BCUT2D eigenvalue weighted by atomic mass is 9.89. The molecule has 4 heteroatoms. The first-order valence-electron chi connectivity index (χ1n) is 5.33. The maximum atomic E-state index is 13.0. The van der Waals surface area contributed by atoms with E-state index in [0.29, 0.717) is 18.6 Å². The van der Waals surface area contributed by atoms with Gasteiger partial charge >= 0.3 is 0 Å². The monoisotopic (exact) mass is 228 g/mol. The number of hydrogen-bond donors (Lipinski definition) is 1. The molecule has 0 aliphatic carbocycles. The van der Waals surface area contributed by atoms with Gasteiger partial charge < -0.3 is 9.84 Å². The third-order valence-corrected chi connectivity index (χ3v) is 2.76. The van der Waals surface area contributed by atoms with Crippen molar-refractivity contribution in [1.29, 1.82) is 0 Å². The predicted molar refractivity (Wildman–Crippen MR) is 55.1 cm³/mol. The zero-order chi connectivity index (χ0) is 11.6. The minimum absolute atomic E-state index is 0.224. The van der Waals surface area contributed by atoms with Gasteiger partial charge in [-0.1, -0.05) is 0 Å². The molecule has 16 heavy (non-hydrogen) atoms. The van der Waals surface area contributed by atoms with Gasteiger partial charge in [0.2, 0.25) is 0 Å². The lowest BCUT2D eigenvalue weighted by molar-refractivity contribution is -0.0845. The van der Waals surface area contributed by atoms with Crippen molar-refractivity contribution >= 4 is 0 Å². The van der Waals surface area contributed by atoms with E-state index in [1.54, 1.807) is 0 Å². The van der Waals surface area contributed by atoms with E-state index >= 15 is 0 Å². The highest BCUT2D eigenvalue weighted by atomic mass is 19.1. The van der Waals surface area contributed by atoms with E-state index in [0.717, 1.165) is 12.5 Å². The van der Waals surface area contributed by atoms with Crippen LogP contribution in [-0.2, 0) is 11.2 Å². The molecular formula is C12H14F2O2. The summed E-state index contributed by atoms with van der Waals surface area (Å²) in [4.78, 5) is 0. The number of hydrogen-bond acceptors (Lipinski definition) is 2. The summed E-state index contributed by atoms with van der Waals surface area (Å²) in [6.45, 7) is 0.866. The third kappa shape index (κ3) is 2.77. The van der Waals surface area contributed by atoms with Gasteiger partial charge in [-0.25, -0.2) is 8.78 Å². The van der Waals surface area contributed by atoms with Crippen LogP contribution in [0.1, 0.15) is 18.4 Å². The number of rotatable bonds is 2. The first kappa shape index (κ1) is 11.5. The van der Waals surface area contributed by atoms with Crippen LogP contribution in [0.3, 0.4) is 0 Å². The fourth-order valence-electron chi connectivity index (χ4n) is 2.07. The van der Waals surface area contributed by atoms with E-state index in [-0.39, 0.29) is 13.0 Å². The van der Waals surface area contributed by atoms with Crippen molar-refractivity contribution in [3.63, 3.8) is 0 Å². The minimum Gasteiger partial charge on any atom is -0.387 e. The standard InChI is InChI=1S/C12H14F2O2/c13-10-4-9(5-11(14)6-10)7-12(15)2-1-3-16-8-12/h4-6,15H,1-3,7-8H2. The summed E-state index contributed by atoms with van der Waals surface area (Å²) < 4.78 is 31.1. The van der Waals surface area contributed by atoms with Crippen molar-refractivity contribution in [3.8, 4) is 0 Å². The van der Waals surface area contributed by atoms with Gasteiger partial charge in [-0.2, -0.15) is 0 Å². The Labute approximate surface area is 92.9 Å². The second-order valence-electron chi connectivity index (χ2n) is 4.33. The van der Waals surface area contributed by atoms with Crippen molar-refractivity contribution in [2.75, 3.05) is 13.2 Å². The zero-order valence-corrected chi connectivity index (χ0v) is 8.88. The molecule has 1 fully saturated rings. The molecule has 1 N–H and O–H groups in total. The fraction of sp³-hybridized carbons (Fsp3) is 0.500. The molecule has 1 atom stereocenters. The van der Waals surface area contributed by atoms with Gasteiger partial charge in [0.15, 0.2) is 0 Å². The second kappa shape index (κ2) is 4.47. The van der Waals surface area contributed by atoms with Crippen LogP contribution < -0.4 is 0 Å². The Hall–Kier alpha value is -1.00. The van der Waals surface area contributed by atoms with Crippen LogP contribution in [0.15, 0.2) is 18.2 Å². The van der Waals surface area contributed by atoms with Crippen molar-refractivity contribution in [2.24, 2.45) is 0 Å². The molecule has 1 saturated heterocycles. The van der Waals surface area contributed by atoms with Crippen LogP contribution in [0.25, 0.3) is 0 Å². The van der Waals surface area contributed by atoms with E-state index in [1.807, 2.05) is 0 Å². The van der Waals surface area contributed by atoms with Gasteiger partial charge in [-0.3, -0.25) is 0 Å². The summed E-state index contributed by atoms with van der Waals surface area (Å²) in [5.41, 5.74) is -0.524. The largest absolute Gasteiger partial charge is 0.387 e. The summed E-state index contributed by atoms with van der Waals surface area (Å²) in [6, 6.07) is 3.32. The van der Waals surface area contributed by atoms with Crippen LogP contribution >= 0.6 is 0 Å². The van der Waals surface area contributed by atoms with Gasteiger partial charge in [0, 0.05) is 19.1 Å². The Morgan fingerprint density at radius 1 is 1.25 bits per heavy atom. The third-order valence-electron chi connectivity index (χ3n) is 2.76. The van der Waals surface area contributed by atoms with Gasteiger partial charge in [0.05, 0.1) is 12.2 Å². The Morgan fingerprint density at radius 2 is 1.94 bits per heavy atom. The van der Waals surface area contributed by atoms with Gasteiger partial charge in [-0.15, -0.1) is 0 Å². The Kier molecular flexibility index (Phi) is 3.21. The highest BCUT2D eigenvalue weighted by Gasteiger charge is 2.30. The Morgan fingerprint density at radius 3 is 2.50 bits per heavy atom.